The first-order valence-corrected chi connectivity index (χ1v) is 7.77. The van der Waals surface area contributed by atoms with E-state index in [1.165, 1.54) is 21.2 Å². The van der Waals surface area contributed by atoms with E-state index in [9.17, 15) is 0 Å². The fourth-order valence-corrected chi connectivity index (χ4v) is 3.65. The highest BCUT2D eigenvalue weighted by Crippen LogP contribution is 2.32. The van der Waals surface area contributed by atoms with Crippen LogP contribution in [0.25, 0.3) is 10.1 Å². The third kappa shape index (κ3) is 2.62. The molecule has 0 fully saturated rings. The number of aromatic nitrogens is 2. The summed E-state index contributed by atoms with van der Waals surface area (Å²) in [4.78, 5) is 0. The first-order valence-electron chi connectivity index (χ1n) is 6.89. The molecule has 3 aromatic rings. The number of rotatable bonds is 5. The van der Waals surface area contributed by atoms with Crippen molar-refractivity contribution < 1.29 is 0 Å². The Morgan fingerprint density at radius 3 is 2.95 bits per heavy atom. The second kappa shape index (κ2) is 5.77. The first-order chi connectivity index (χ1) is 9.78. The maximum Gasteiger partial charge on any atom is 0.0521 e. The van der Waals surface area contributed by atoms with Gasteiger partial charge in [0.05, 0.1) is 6.20 Å². The smallest absolute Gasteiger partial charge is 0.0521 e. The Hall–Kier alpha value is -1.65. The summed E-state index contributed by atoms with van der Waals surface area (Å²) in [5, 5.41) is 11.3. The average Bonchev–Trinajstić information content (AvgIpc) is 3.07. The van der Waals surface area contributed by atoms with E-state index in [1.54, 1.807) is 0 Å². The normalized spacial score (nSPS) is 12.9. The van der Waals surface area contributed by atoms with Crippen LogP contribution in [-0.2, 0) is 13.5 Å². The molecule has 2 heterocycles. The summed E-state index contributed by atoms with van der Waals surface area (Å²) in [6.45, 7) is 0. The van der Waals surface area contributed by atoms with E-state index in [0.29, 0.717) is 6.04 Å². The van der Waals surface area contributed by atoms with Crippen LogP contribution in [0.15, 0.2) is 42.0 Å². The van der Waals surface area contributed by atoms with Gasteiger partial charge in [-0.1, -0.05) is 18.2 Å². The van der Waals surface area contributed by atoms with Crippen LogP contribution in [0.2, 0.25) is 0 Å². The number of thiophene rings is 1. The number of nitrogens with zero attached hydrogens (tertiary/aromatic N) is 2. The number of benzene rings is 1. The van der Waals surface area contributed by atoms with Crippen LogP contribution < -0.4 is 5.32 Å². The van der Waals surface area contributed by atoms with Gasteiger partial charge in [-0.15, -0.1) is 11.3 Å². The van der Waals surface area contributed by atoms with Crippen molar-refractivity contribution >= 4 is 21.4 Å². The minimum atomic E-state index is 0.395. The number of aryl methyl sites for hydroxylation is 2. The Bertz CT molecular complexity index is 698. The molecule has 0 amide bonds. The van der Waals surface area contributed by atoms with Crippen molar-refractivity contribution in [1.82, 2.24) is 15.1 Å². The molecule has 0 aliphatic carbocycles. The van der Waals surface area contributed by atoms with Gasteiger partial charge in [-0.25, -0.2) is 0 Å². The van der Waals surface area contributed by atoms with Crippen LogP contribution >= 0.6 is 11.3 Å². The van der Waals surface area contributed by atoms with Crippen molar-refractivity contribution in [2.24, 2.45) is 7.05 Å². The summed E-state index contributed by atoms with van der Waals surface area (Å²) in [5.74, 6) is 0. The van der Waals surface area contributed by atoms with Crippen molar-refractivity contribution in [3.63, 3.8) is 0 Å². The van der Waals surface area contributed by atoms with Crippen LogP contribution in [0.5, 0.6) is 0 Å². The van der Waals surface area contributed by atoms with Gasteiger partial charge in [0.15, 0.2) is 0 Å². The Kier molecular flexibility index (Phi) is 3.85. The average molecular weight is 285 g/mol. The van der Waals surface area contributed by atoms with Crippen molar-refractivity contribution in [3.8, 4) is 0 Å². The highest BCUT2D eigenvalue weighted by Gasteiger charge is 2.14. The fourth-order valence-electron chi connectivity index (χ4n) is 2.64. The molecule has 1 N–H and O–H groups in total. The molecule has 0 spiro atoms. The lowest BCUT2D eigenvalue weighted by Gasteiger charge is -2.15. The summed E-state index contributed by atoms with van der Waals surface area (Å²) in [6.07, 6.45) is 6.18. The quantitative estimate of drug-likeness (QED) is 0.777. The molecule has 3 rings (SSSR count). The molecule has 0 aliphatic heterocycles. The second-order valence-corrected chi connectivity index (χ2v) is 6.00. The third-order valence-corrected chi connectivity index (χ3v) is 4.70. The lowest BCUT2D eigenvalue weighted by atomic mass is 10.00. The lowest BCUT2D eigenvalue weighted by Crippen LogP contribution is -2.16. The van der Waals surface area contributed by atoms with Crippen molar-refractivity contribution in [2.75, 3.05) is 7.05 Å². The van der Waals surface area contributed by atoms with Gasteiger partial charge in [0.25, 0.3) is 0 Å². The zero-order valence-corrected chi connectivity index (χ0v) is 12.7. The predicted molar refractivity (Wildman–Crippen MR) is 85.2 cm³/mol. The predicted octanol–water partition coefficient (Wildman–Crippen LogP) is 3.53. The molecule has 0 radical (unpaired) electrons. The van der Waals surface area contributed by atoms with E-state index in [-0.39, 0.29) is 0 Å². The van der Waals surface area contributed by atoms with E-state index >= 15 is 0 Å². The SMILES string of the molecule is CNC(CCc1cnn(C)c1)c1csc2ccccc12. The van der Waals surface area contributed by atoms with E-state index in [4.69, 9.17) is 0 Å². The van der Waals surface area contributed by atoms with Gasteiger partial charge in [0.2, 0.25) is 0 Å². The van der Waals surface area contributed by atoms with Crippen LogP contribution in [0, 0.1) is 0 Å². The largest absolute Gasteiger partial charge is 0.313 e. The number of hydrogen-bond acceptors (Lipinski definition) is 3. The summed E-state index contributed by atoms with van der Waals surface area (Å²) >= 11 is 1.83. The van der Waals surface area contributed by atoms with E-state index in [2.05, 4.69) is 46.3 Å². The monoisotopic (exact) mass is 285 g/mol. The second-order valence-electron chi connectivity index (χ2n) is 5.09. The maximum absolute atomic E-state index is 4.23. The van der Waals surface area contributed by atoms with Gasteiger partial charge in [0, 0.05) is 24.0 Å². The van der Waals surface area contributed by atoms with E-state index in [0.717, 1.165) is 12.8 Å². The molecule has 1 atom stereocenters. The molecule has 2 aromatic heterocycles. The van der Waals surface area contributed by atoms with Crippen LogP contribution in [0.4, 0.5) is 0 Å². The lowest BCUT2D eigenvalue weighted by molar-refractivity contribution is 0.554. The maximum atomic E-state index is 4.23. The van der Waals surface area contributed by atoms with Crippen molar-refractivity contribution in [2.45, 2.75) is 18.9 Å². The Balaban J connectivity index is 1.79. The molecule has 0 saturated carbocycles. The zero-order valence-electron chi connectivity index (χ0n) is 11.8. The summed E-state index contributed by atoms with van der Waals surface area (Å²) in [5.41, 5.74) is 2.71. The molecule has 20 heavy (non-hydrogen) atoms. The molecular formula is C16H19N3S. The molecule has 0 bridgehead atoms. The minimum absolute atomic E-state index is 0.395. The van der Waals surface area contributed by atoms with Gasteiger partial charge in [-0.05, 0) is 47.8 Å². The molecule has 4 heteroatoms. The topological polar surface area (TPSA) is 29.9 Å². The van der Waals surface area contributed by atoms with E-state index < -0.39 is 0 Å². The van der Waals surface area contributed by atoms with Crippen molar-refractivity contribution in [1.29, 1.82) is 0 Å². The summed E-state index contributed by atoms with van der Waals surface area (Å²) in [6, 6.07) is 9.03. The third-order valence-electron chi connectivity index (χ3n) is 3.71. The van der Waals surface area contributed by atoms with E-state index in [1.807, 2.05) is 36.3 Å². The van der Waals surface area contributed by atoms with Gasteiger partial charge in [0.1, 0.15) is 0 Å². The van der Waals surface area contributed by atoms with Crippen LogP contribution in [-0.4, -0.2) is 16.8 Å². The molecule has 104 valence electrons. The number of fused-ring (bicyclic) bond motifs is 1. The highest BCUT2D eigenvalue weighted by molar-refractivity contribution is 7.17. The number of nitrogens with one attached hydrogen (secondary N) is 1. The molecule has 1 unspecified atom stereocenters. The van der Waals surface area contributed by atoms with Gasteiger partial charge >= 0.3 is 0 Å². The number of hydrogen-bond donors (Lipinski definition) is 1. The standard InChI is InChI=1S/C16H19N3S/c1-17-15(8-7-12-9-18-19(2)10-12)14-11-20-16-6-4-3-5-13(14)16/h3-6,9-11,15,17H,7-8H2,1-2H3. The molecule has 1 aromatic carbocycles. The fraction of sp³-hybridized carbons (Fsp3) is 0.312. The summed E-state index contributed by atoms with van der Waals surface area (Å²) < 4.78 is 3.23. The Morgan fingerprint density at radius 1 is 1.35 bits per heavy atom. The Labute approximate surface area is 123 Å². The molecular weight excluding hydrogens is 266 g/mol. The van der Waals surface area contributed by atoms with Gasteiger partial charge < -0.3 is 5.32 Å². The van der Waals surface area contributed by atoms with Crippen LogP contribution in [0.1, 0.15) is 23.6 Å². The van der Waals surface area contributed by atoms with Gasteiger partial charge in [-0.3, -0.25) is 4.68 Å². The van der Waals surface area contributed by atoms with Crippen molar-refractivity contribution in [3.05, 3.63) is 53.2 Å². The molecule has 0 saturated heterocycles. The minimum Gasteiger partial charge on any atom is -0.313 e. The Morgan fingerprint density at radius 2 is 2.20 bits per heavy atom. The van der Waals surface area contributed by atoms with Crippen LogP contribution in [0.3, 0.4) is 0 Å². The highest BCUT2D eigenvalue weighted by atomic mass is 32.1. The molecule has 3 nitrogen and oxygen atoms in total. The van der Waals surface area contributed by atoms with Gasteiger partial charge in [-0.2, -0.15) is 5.10 Å². The molecule has 0 aliphatic rings. The first kappa shape index (κ1) is 13.3. The zero-order chi connectivity index (χ0) is 13.9. The summed E-state index contributed by atoms with van der Waals surface area (Å²) in [7, 11) is 4.01.